The third-order valence-electron chi connectivity index (χ3n) is 4.43. The van der Waals surface area contributed by atoms with E-state index >= 15 is 0 Å². The lowest BCUT2D eigenvalue weighted by Crippen LogP contribution is -2.25. The molecule has 4 nitrogen and oxygen atoms in total. The molecule has 0 saturated heterocycles. The summed E-state index contributed by atoms with van der Waals surface area (Å²) < 4.78 is 12.4. The van der Waals surface area contributed by atoms with Gasteiger partial charge in [-0.25, -0.2) is 4.98 Å². The first-order valence-electron chi connectivity index (χ1n) is 8.00. The van der Waals surface area contributed by atoms with E-state index in [9.17, 15) is 4.21 Å². The summed E-state index contributed by atoms with van der Waals surface area (Å²) in [4.78, 5) is 7.89. The third kappa shape index (κ3) is 2.65. The van der Waals surface area contributed by atoms with E-state index in [-0.39, 0.29) is 0 Å². The van der Waals surface area contributed by atoms with E-state index in [0.29, 0.717) is 18.8 Å². The van der Waals surface area contributed by atoms with E-state index in [1.165, 1.54) is 5.56 Å². The minimum Gasteiger partial charge on any atom is -0.398 e. The third-order valence-corrected chi connectivity index (χ3v) is 5.87. The molecule has 2 aromatic carbocycles. The second-order valence-electron chi connectivity index (χ2n) is 6.17. The van der Waals surface area contributed by atoms with E-state index in [1.807, 2.05) is 49.4 Å². The van der Waals surface area contributed by atoms with Gasteiger partial charge >= 0.3 is 0 Å². The Morgan fingerprint density at radius 3 is 2.88 bits per heavy atom. The molecule has 1 aromatic heterocycles. The summed E-state index contributed by atoms with van der Waals surface area (Å²) in [5.74, 6) is 1.45. The number of nitrogens with zero attached hydrogens (tertiary/aromatic N) is 2. The molecule has 1 aliphatic heterocycles. The van der Waals surface area contributed by atoms with Gasteiger partial charge in [0, 0.05) is 40.9 Å². The lowest BCUT2D eigenvalue weighted by atomic mass is 10.1. The summed E-state index contributed by atoms with van der Waals surface area (Å²) in [5, 5.41) is 0.984. The number of hydrogen-bond acceptors (Lipinski definition) is 4. The minimum absolute atomic E-state index is 0.602. The van der Waals surface area contributed by atoms with Gasteiger partial charge in [-0.2, -0.15) is 0 Å². The summed E-state index contributed by atoms with van der Waals surface area (Å²) in [5.41, 5.74) is 10.2. The molecule has 0 radical (unpaired) electrons. The monoisotopic (exact) mass is 337 g/mol. The van der Waals surface area contributed by atoms with E-state index in [1.54, 1.807) is 0 Å². The molecule has 0 bridgehead atoms. The van der Waals surface area contributed by atoms with Crippen molar-refractivity contribution in [2.45, 2.75) is 18.4 Å². The molecule has 5 heteroatoms. The quantitative estimate of drug-likeness (QED) is 0.740. The van der Waals surface area contributed by atoms with E-state index < -0.39 is 10.8 Å². The smallest absolute Gasteiger partial charge is 0.131 e. The van der Waals surface area contributed by atoms with Crippen LogP contribution in [0.4, 0.5) is 11.5 Å². The highest BCUT2D eigenvalue weighted by molar-refractivity contribution is 7.85. The predicted octanol–water partition coefficient (Wildman–Crippen LogP) is 3.25. The molecule has 0 spiro atoms. The SMILES string of the molecule is Cc1ccc2nc(N3CCS(=O)c4ccccc4C3)cc(N)c2c1. The van der Waals surface area contributed by atoms with E-state index in [0.717, 1.165) is 32.9 Å². The first kappa shape index (κ1) is 15.1. The second kappa shape index (κ2) is 5.91. The Hall–Kier alpha value is -2.40. The average molecular weight is 337 g/mol. The van der Waals surface area contributed by atoms with Gasteiger partial charge in [0.1, 0.15) is 5.82 Å². The lowest BCUT2D eigenvalue weighted by molar-refractivity contribution is 0.683. The largest absolute Gasteiger partial charge is 0.398 e. The van der Waals surface area contributed by atoms with Gasteiger partial charge in [-0.05, 0) is 30.7 Å². The highest BCUT2D eigenvalue weighted by Crippen LogP contribution is 2.28. The first-order valence-corrected chi connectivity index (χ1v) is 9.32. The molecule has 0 saturated carbocycles. The van der Waals surface area contributed by atoms with Gasteiger partial charge < -0.3 is 10.6 Å². The van der Waals surface area contributed by atoms with Crippen LogP contribution in [0.5, 0.6) is 0 Å². The topological polar surface area (TPSA) is 59.2 Å². The fraction of sp³-hybridized carbons (Fsp3) is 0.211. The molecule has 0 aliphatic carbocycles. The molecule has 1 atom stereocenters. The number of aryl methyl sites for hydroxylation is 1. The number of benzene rings is 2. The number of nitrogens with two attached hydrogens (primary N) is 1. The van der Waals surface area contributed by atoms with Crippen LogP contribution < -0.4 is 10.6 Å². The molecule has 4 rings (SSSR count). The number of hydrogen-bond donors (Lipinski definition) is 1. The highest BCUT2D eigenvalue weighted by atomic mass is 32.2. The number of nitrogen functional groups attached to an aromatic ring is 1. The first-order chi connectivity index (χ1) is 11.6. The van der Waals surface area contributed by atoms with E-state index in [4.69, 9.17) is 10.7 Å². The van der Waals surface area contributed by atoms with Crippen LogP contribution in [-0.2, 0) is 17.3 Å². The van der Waals surface area contributed by atoms with Crippen LogP contribution in [0.2, 0.25) is 0 Å². The van der Waals surface area contributed by atoms with Crippen molar-refractivity contribution in [2.24, 2.45) is 0 Å². The Bertz CT molecular complexity index is 954. The average Bonchev–Trinajstić information content (AvgIpc) is 2.75. The van der Waals surface area contributed by atoms with Crippen LogP contribution >= 0.6 is 0 Å². The van der Waals surface area contributed by atoms with Gasteiger partial charge in [0.05, 0.1) is 16.3 Å². The number of aromatic nitrogens is 1. The Balaban J connectivity index is 1.78. The normalized spacial score (nSPS) is 17.5. The summed E-state index contributed by atoms with van der Waals surface area (Å²) >= 11 is 0. The Labute approximate surface area is 143 Å². The zero-order valence-electron chi connectivity index (χ0n) is 13.5. The van der Waals surface area contributed by atoms with Crippen molar-refractivity contribution in [1.82, 2.24) is 4.98 Å². The van der Waals surface area contributed by atoms with Gasteiger partial charge in [0.25, 0.3) is 0 Å². The van der Waals surface area contributed by atoms with E-state index in [2.05, 4.69) is 11.0 Å². The van der Waals surface area contributed by atoms with Crippen LogP contribution in [0, 0.1) is 6.92 Å². The number of pyridine rings is 1. The zero-order valence-corrected chi connectivity index (χ0v) is 14.3. The van der Waals surface area contributed by atoms with Gasteiger partial charge in [0.15, 0.2) is 0 Å². The molecular weight excluding hydrogens is 318 g/mol. The fourth-order valence-electron chi connectivity index (χ4n) is 3.15. The molecule has 3 aromatic rings. The molecule has 0 fully saturated rings. The van der Waals surface area contributed by atoms with Crippen LogP contribution in [0.15, 0.2) is 53.4 Å². The van der Waals surface area contributed by atoms with Gasteiger partial charge in [-0.1, -0.05) is 29.8 Å². The van der Waals surface area contributed by atoms with Crippen molar-refractivity contribution in [3.05, 3.63) is 59.7 Å². The van der Waals surface area contributed by atoms with Gasteiger partial charge in [0.2, 0.25) is 0 Å². The van der Waals surface area contributed by atoms with Crippen LogP contribution in [0.3, 0.4) is 0 Å². The molecule has 24 heavy (non-hydrogen) atoms. The number of anilines is 2. The van der Waals surface area contributed by atoms with Crippen molar-refractivity contribution in [3.63, 3.8) is 0 Å². The van der Waals surface area contributed by atoms with Gasteiger partial charge in [-0.3, -0.25) is 4.21 Å². The Kier molecular flexibility index (Phi) is 3.73. The van der Waals surface area contributed by atoms with Gasteiger partial charge in [-0.15, -0.1) is 0 Å². The maximum atomic E-state index is 12.4. The van der Waals surface area contributed by atoms with Crippen molar-refractivity contribution in [2.75, 3.05) is 22.9 Å². The molecule has 2 heterocycles. The van der Waals surface area contributed by atoms with Crippen molar-refractivity contribution < 1.29 is 4.21 Å². The van der Waals surface area contributed by atoms with Crippen LogP contribution in [0.1, 0.15) is 11.1 Å². The lowest BCUT2D eigenvalue weighted by Gasteiger charge is -2.22. The number of fused-ring (bicyclic) bond motifs is 2. The standard InChI is InChI=1S/C19H19N3OS/c1-13-6-7-17-15(10-13)16(20)11-19(21-17)22-8-9-24(23)18-5-3-2-4-14(18)12-22/h2-7,10-11H,8-9,12H2,1H3,(H2,20,21). The molecule has 0 amide bonds. The van der Waals surface area contributed by atoms with Crippen molar-refractivity contribution >= 4 is 33.2 Å². The summed E-state index contributed by atoms with van der Waals surface area (Å²) in [6, 6.07) is 16.0. The molecule has 2 N–H and O–H groups in total. The summed E-state index contributed by atoms with van der Waals surface area (Å²) in [7, 11) is -0.963. The number of rotatable bonds is 1. The highest BCUT2D eigenvalue weighted by Gasteiger charge is 2.20. The van der Waals surface area contributed by atoms with Crippen LogP contribution in [-0.4, -0.2) is 21.5 Å². The fourth-order valence-corrected chi connectivity index (χ4v) is 4.41. The van der Waals surface area contributed by atoms with Crippen molar-refractivity contribution in [1.29, 1.82) is 0 Å². The van der Waals surface area contributed by atoms with Crippen molar-refractivity contribution in [3.8, 4) is 0 Å². The summed E-state index contributed by atoms with van der Waals surface area (Å²) in [6.07, 6.45) is 0. The molecule has 1 aliphatic rings. The molecule has 122 valence electrons. The Morgan fingerprint density at radius 2 is 2.00 bits per heavy atom. The zero-order chi connectivity index (χ0) is 16.7. The maximum absolute atomic E-state index is 12.4. The maximum Gasteiger partial charge on any atom is 0.131 e. The minimum atomic E-state index is -0.963. The summed E-state index contributed by atoms with van der Waals surface area (Å²) in [6.45, 7) is 3.45. The molecule has 1 unspecified atom stereocenters. The van der Waals surface area contributed by atoms with Crippen LogP contribution in [0.25, 0.3) is 10.9 Å². The molecular formula is C19H19N3OS. The second-order valence-corrected chi connectivity index (χ2v) is 7.71. The predicted molar refractivity (Wildman–Crippen MR) is 99.7 cm³/mol. The Morgan fingerprint density at radius 1 is 1.17 bits per heavy atom.